The van der Waals surface area contributed by atoms with E-state index in [2.05, 4.69) is 9.71 Å². The molecule has 20 heavy (non-hydrogen) atoms. The van der Waals surface area contributed by atoms with Crippen molar-refractivity contribution in [1.29, 1.82) is 0 Å². The van der Waals surface area contributed by atoms with Crippen molar-refractivity contribution < 1.29 is 12.8 Å². The van der Waals surface area contributed by atoms with E-state index in [-0.39, 0.29) is 10.5 Å². The van der Waals surface area contributed by atoms with E-state index in [0.29, 0.717) is 5.76 Å². The lowest BCUT2D eigenvalue weighted by Crippen LogP contribution is -2.27. The molecule has 0 aliphatic carbocycles. The van der Waals surface area contributed by atoms with Gasteiger partial charge in [-0.05, 0) is 32.9 Å². The maximum absolute atomic E-state index is 12.2. The number of furan rings is 1. The molecule has 2 rings (SSSR count). The van der Waals surface area contributed by atoms with Crippen LogP contribution in [0.15, 0.2) is 38.5 Å². The van der Waals surface area contributed by atoms with Crippen LogP contribution in [0, 0.1) is 13.8 Å². The van der Waals surface area contributed by atoms with E-state index in [0.717, 1.165) is 11.3 Å². The van der Waals surface area contributed by atoms with Crippen LogP contribution < -0.4 is 10.3 Å². The van der Waals surface area contributed by atoms with Gasteiger partial charge >= 0.3 is 0 Å². The first-order chi connectivity index (χ1) is 9.29. The van der Waals surface area contributed by atoms with Crippen LogP contribution in [0.3, 0.4) is 0 Å². The predicted octanol–water partition coefficient (Wildman–Crippen LogP) is 1.62. The summed E-state index contributed by atoms with van der Waals surface area (Å²) >= 11 is 0. The summed E-state index contributed by atoms with van der Waals surface area (Å²) in [5, 5.41) is 0. The second-order valence-corrected chi connectivity index (χ2v) is 6.31. The summed E-state index contributed by atoms with van der Waals surface area (Å²) in [7, 11) is -3.69. The van der Waals surface area contributed by atoms with Crippen LogP contribution in [0.5, 0.6) is 0 Å². The maximum Gasteiger partial charge on any atom is 0.247 e. The van der Waals surface area contributed by atoms with Crippen LogP contribution in [0.4, 0.5) is 0 Å². The Bertz CT molecular complexity index is 753. The van der Waals surface area contributed by atoms with Crippen molar-refractivity contribution in [3.8, 4) is 0 Å². The van der Waals surface area contributed by atoms with Gasteiger partial charge in [0.05, 0.1) is 4.90 Å². The summed E-state index contributed by atoms with van der Waals surface area (Å²) in [6.45, 7) is 5.33. The number of nitrogens with one attached hydrogen (secondary N) is 2. The van der Waals surface area contributed by atoms with Crippen molar-refractivity contribution in [2.45, 2.75) is 31.7 Å². The van der Waals surface area contributed by atoms with Gasteiger partial charge in [-0.25, -0.2) is 13.1 Å². The molecule has 0 amide bonds. The lowest BCUT2D eigenvalue weighted by molar-refractivity contribution is 0.496. The average molecular weight is 296 g/mol. The molecule has 2 heterocycles. The molecule has 0 saturated carbocycles. The van der Waals surface area contributed by atoms with Crippen molar-refractivity contribution in [2.75, 3.05) is 0 Å². The summed E-state index contributed by atoms with van der Waals surface area (Å²) in [4.78, 5) is 13.3. The summed E-state index contributed by atoms with van der Waals surface area (Å²) in [6, 6.07) is 3.81. The first-order valence-corrected chi connectivity index (χ1v) is 7.56. The van der Waals surface area contributed by atoms with Gasteiger partial charge in [0.15, 0.2) is 0 Å². The minimum Gasteiger partial charge on any atom is -0.466 e. The number of hydrogen-bond acceptors (Lipinski definition) is 4. The van der Waals surface area contributed by atoms with Crippen LogP contribution in [-0.4, -0.2) is 13.4 Å². The molecule has 0 aliphatic rings. The van der Waals surface area contributed by atoms with E-state index in [9.17, 15) is 13.2 Å². The van der Waals surface area contributed by atoms with Gasteiger partial charge in [0.25, 0.3) is 0 Å². The standard InChI is InChI=1S/C13H16N2O4S/c1-8-6-12(10(3)19-8)9(2)15-20(17,18)11-4-5-13(16)14-7-11/h4-7,9,15H,1-3H3,(H,14,16). The van der Waals surface area contributed by atoms with Crippen LogP contribution in [0.2, 0.25) is 0 Å². The maximum atomic E-state index is 12.2. The third-order valence-corrected chi connectivity index (χ3v) is 4.48. The first-order valence-electron chi connectivity index (χ1n) is 6.07. The number of rotatable bonds is 4. The molecule has 1 unspecified atom stereocenters. The molecule has 0 aliphatic heterocycles. The zero-order valence-corrected chi connectivity index (χ0v) is 12.2. The molecule has 2 aromatic heterocycles. The Hall–Kier alpha value is -1.86. The number of hydrogen-bond donors (Lipinski definition) is 2. The highest BCUT2D eigenvalue weighted by Gasteiger charge is 2.21. The van der Waals surface area contributed by atoms with E-state index in [1.54, 1.807) is 26.8 Å². The second kappa shape index (κ2) is 5.26. The largest absolute Gasteiger partial charge is 0.466 e. The smallest absolute Gasteiger partial charge is 0.247 e. The molecule has 1 atom stereocenters. The zero-order chi connectivity index (χ0) is 14.9. The van der Waals surface area contributed by atoms with Gasteiger partial charge in [-0.2, -0.15) is 0 Å². The number of pyridine rings is 1. The number of aromatic amines is 1. The average Bonchev–Trinajstić information content (AvgIpc) is 2.68. The molecular weight excluding hydrogens is 280 g/mol. The molecule has 0 radical (unpaired) electrons. The highest BCUT2D eigenvalue weighted by atomic mass is 32.2. The monoisotopic (exact) mass is 296 g/mol. The van der Waals surface area contributed by atoms with Gasteiger partial charge in [-0.15, -0.1) is 0 Å². The number of aryl methyl sites for hydroxylation is 2. The molecule has 2 aromatic rings. The fraction of sp³-hybridized carbons (Fsp3) is 0.308. The number of aromatic nitrogens is 1. The fourth-order valence-corrected chi connectivity index (χ4v) is 3.20. The number of H-pyrrole nitrogens is 1. The van der Waals surface area contributed by atoms with E-state index in [1.165, 1.54) is 18.3 Å². The summed E-state index contributed by atoms with van der Waals surface area (Å²) < 4.78 is 32.3. The van der Waals surface area contributed by atoms with E-state index < -0.39 is 16.1 Å². The molecule has 108 valence electrons. The Morgan fingerprint density at radius 3 is 2.50 bits per heavy atom. The molecule has 0 bridgehead atoms. The molecule has 0 spiro atoms. The Kier molecular flexibility index (Phi) is 3.82. The topological polar surface area (TPSA) is 92.2 Å². The summed E-state index contributed by atoms with van der Waals surface area (Å²) in [6.07, 6.45) is 1.17. The summed E-state index contributed by atoms with van der Waals surface area (Å²) in [5.41, 5.74) is 0.439. The van der Waals surface area contributed by atoms with Gasteiger partial charge in [-0.3, -0.25) is 4.79 Å². The molecule has 2 N–H and O–H groups in total. The molecule has 0 aromatic carbocycles. The highest BCUT2D eigenvalue weighted by molar-refractivity contribution is 7.89. The Morgan fingerprint density at radius 1 is 1.30 bits per heavy atom. The third-order valence-electron chi connectivity index (χ3n) is 2.94. The van der Waals surface area contributed by atoms with Gasteiger partial charge in [0, 0.05) is 23.9 Å². The van der Waals surface area contributed by atoms with E-state index >= 15 is 0 Å². The normalized spacial score (nSPS) is 13.3. The van der Waals surface area contributed by atoms with Crippen LogP contribution >= 0.6 is 0 Å². The van der Waals surface area contributed by atoms with Crippen molar-refractivity contribution in [3.63, 3.8) is 0 Å². The number of sulfonamides is 1. The highest BCUT2D eigenvalue weighted by Crippen LogP contribution is 2.22. The molecular formula is C13H16N2O4S. The molecule has 6 nitrogen and oxygen atoms in total. The van der Waals surface area contributed by atoms with Crippen molar-refractivity contribution in [2.24, 2.45) is 0 Å². The van der Waals surface area contributed by atoms with Gasteiger partial charge in [0.1, 0.15) is 11.5 Å². The van der Waals surface area contributed by atoms with Gasteiger partial charge < -0.3 is 9.40 Å². The lowest BCUT2D eigenvalue weighted by Gasteiger charge is -2.13. The van der Waals surface area contributed by atoms with E-state index in [1.807, 2.05) is 0 Å². The fourth-order valence-electron chi connectivity index (χ4n) is 2.01. The van der Waals surface area contributed by atoms with Gasteiger partial charge in [-0.1, -0.05) is 0 Å². The van der Waals surface area contributed by atoms with Gasteiger partial charge in [0.2, 0.25) is 15.6 Å². The Labute approximate surface area is 116 Å². The predicted molar refractivity (Wildman–Crippen MR) is 74.0 cm³/mol. The van der Waals surface area contributed by atoms with Crippen molar-refractivity contribution >= 4 is 10.0 Å². The molecule has 7 heteroatoms. The van der Waals surface area contributed by atoms with Crippen LogP contribution in [0.25, 0.3) is 0 Å². The molecule has 0 fully saturated rings. The lowest BCUT2D eigenvalue weighted by atomic mass is 10.1. The van der Waals surface area contributed by atoms with Crippen LogP contribution in [0.1, 0.15) is 30.0 Å². The first kappa shape index (κ1) is 14.5. The minimum atomic E-state index is -3.69. The minimum absolute atomic E-state index is 0.0156. The third kappa shape index (κ3) is 3.00. The molecule has 0 saturated heterocycles. The second-order valence-electron chi connectivity index (χ2n) is 4.60. The van der Waals surface area contributed by atoms with E-state index in [4.69, 9.17) is 4.42 Å². The Balaban J connectivity index is 2.26. The quantitative estimate of drug-likeness (QED) is 0.896. The van der Waals surface area contributed by atoms with Crippen molar-refractivity contribution in [3.05, 3.63) is 51.8 Å². The SMILES string of the molecule is Cc1cc(C(C)NS(=O)(=O)c2ccc(=O)[nH]c2)c(C)o1. The van der Waals surface area contributed by atoms with Crippen LogP contribution in [-0.2, 0) is 10.0 Å². The summed E-state index contributed by atoms with van der Waals surface area (Å²) in [5.74, 6) is 1.41. The Morgan fingerprint density at radius 2 is 2.00 bits per heavy atom. The zero-order valence-electron chi connectivity index (χ0n) is 11.4. The van der Waals surface area contributed by atoms with Crippen molar-refractivity contribution in [1.82, 2.24) is 9.71 Å².